The van der Waals surface area contributed by atoms with Gasteiger partial charge in [0.1, 0.15) is 0 Å². The maximum atomic E-state index is 11.8. The van der Waals surface area contributed by atoms with Crippen LogP contribution in [0.15, 0.2) is 4.99 Å². The third kappa shape index (κ3) is 5.56. The Morgan fingerprint density at radius 1 is 1.38 bits per heavy atom. The molecule has 1 fully saturated rings. The SMILES string of the molecule is CCNC(=NCCC(C)(C)C)N1CC(C)C(C(=O)OC)C1. The van der Waals surface area contributed by atoms with Gasteiger partial charge in [-0.1, -0.05) is 27.7 Å². The molecule has 0 radical (unpaired) electrons. The van der Waals surface area contributed by atoms with Crippen LogP contribution in [-0.2, 0) is 9.53 Å². The zero-order chi connectivity index (χ0) is 16.0. The van der Waals surface area contributed by atoms with E-state index in [1.807, 2.05) is 0 Å². The first-order valence-electron chi connectivity index (χ1n) is 7.89. The van der Waals surface area contributed by atoms with Crippen LogP contribution < -0.4 is 5.32 Å². The number of esters is 1. The van der Waals surface area contributed by atoms with Crippen molar-refractivity contribution in [1.82, 2.24) is 10.2 Å². The molecule has 0 aromatic carbocycles. The molecule has 0 bridgehead atoms. The molecule has 1 rings (SSSR count). The van der Waals surface area contributed by atoms with E-state index in [0.717, 1.165) is 32.0 Å². The minimum Gasteiger partial charge on any atom is -0.469 e. The van der Waals surface area contributed by atoms with Gasteiger partial charge in [0, 0.05) is 26.2 Å². The minimum absolute atomic E-state index is 0.0542. The van der Waals surface area contributed by atoms with Crippen LogP contribution in [0, 0.1) is 17.3 Å². The van der Waals surface area contributed by atoms with Crippen molar-refractivity contribution in [2.24, 2.45) is 22.2 Å². The van der Waals surface area contributed by atoms with Crippen molar-refractivity contribution in [2.45, 2.75) is 41.0 Å². The van der Waals surface area contributed by atoms with E-state index >= 15 is 0 Å². The van der Waals surface area contributed by atoms with Crippen molar-refractivity contribution in [3.63, 3.8) is 0 Å². The molecular weight excluding hydrogens is 266 g/mol. The van der Waals surface area contributed by atoms with E-state index in [1.54, 1.807) is 0 Å². The summed E-state index contributed by atoms with van der Waals surface area (Å²) in [5, 5.41) is 3.33. The molecule has 0 aromatic rings. The Balaban J connectivity index is 2.69. The molecule has 1 aliphatic heterocycles. The summed E-state index contributed by atoms with van der Waals surface area (Å²) in [5.74, 6) is 1.04. The first-order valence-corrected chi connectivity index (χ1v) is 7.89. The molecule has 2 atom stereocenters. The van der Waals surface area contributed by atoms with E-state index in [9.17, 15) is 4.79 Å². The average Bonchev–Trinajstić information content (AvgIpc) is 2.77. The lowest BCUT2D eigenvalue weighted by atomic mass is 9.92. The molecule has 0 amide bonds. The van der Waals surface area contributed by atoms with E-state index in [-0.39, 0.29) is 17.3 Å². The smallest absolute Gasteiger partial charge is 0.310 e. The second kappa shape index (κ2) is 7.66. The van der Waals surface area contributed by atoms with E-state index in [4.69, 9.17) is 9.73 Å². The number of guanidine groups is 1. The van der Waals surface area contributed by atoms with Crippen molar-refractivity contribution in [2.75, 3.05) is 33.3 Å². The van der Waals surface area contributed by atoms with Gasteiger partial charge in [-0.25, -0.2) is 0 Å². The molecule has 122 valence electrons. The maximum absolute atomic E-state index is 11.8. The minimum atomic E-state index is -0.115. The number of ether oxygens (including phenoxy) is 1. The highest BCUT2D eigenvalue weighted by atomic mass is 16.5. The topological polar surface area (TPSA) is 53.9 Å². The normalized spacial score (nSPS) is 23.3. The third-order valence-corrected chi connectivity index (χ3v) is 3.87. The number of likely N-dealkylation sites (tertiary alicyclic amines) is 1. The van der Waals surface area contributed by atoms with Crippen LogP contribution in [0.3, 0.4) is 0 Å². The van der Waals surface area contributed by atoms with Crippen molar-refractivity contribution in [3.05, 3.63) is 0 Å². The first-order chi connectivity index (χ1) is 9.78. The number of nitrogens with one attached hydrogen (secondary N) is 1. The molecule has 0 saturated carbocycles. The van der Waals surface area contributed by atoms with Crippen LogP contribution >= 0.6 is 0 Å². The summed E-state index contributed by atoms with van der Waals surface area (Å²) >= 11 is 0. The van der Waals surface area contributed by atoms with Gasteiger partial charge in [-0.2, -0.15) is 0 Å². The van der Waals surface area contributed by atoms with Crippen molar-refractivity contribution >= 4 is 11.9 Å². The average molecular weight is 297 g/mol. The summed E-state index contributed by atoms with van der Waals surface area (Å²) in [4.78, 5) is 18.7. The number of aliphatic imine (C=N–C) groups is 1. The molecule has 1 aliphatic rings. The van der Waals surface area contributed by atoms with Crippen molar-refractivity contribution < 1.29 is 9.53 Å². The van der Waals surface area contributed by atoms with E-state index < -0.39 is 0 Å². The highest BCUT2D eigenvalue weighted by Gasteiger charge is 2.36. The van der Waals surface area contributed by atoms with Crippen LogP contribution in [0.2, 0.25) is 0 Å². The van der Waals surface area contributed by atoms with Crippen LogP contribution in [0.25, 0.3) is 0 Å². The molecule has 0 spiro atoms. The van der Waals surface area contributed by atoms with E-state index in [1.165, 1.54) is 7.11 Å². The summed E-state index contributed by atoms with van der Waals surface area (Å²) < 4.78 is 4.89. The van der Waals surface area contributed by atoms with Gasteiger partial charge < -0.3 is 15.0 Å². The van der Waals surface area contributed by atoms with Crippen LogP contribution in [0.5, 0.6) is 0 Å². The largest absolute Gasteiger partial charge is 0.469 e. The first kappa shape index (κ1) is 17.8. The fourth-order valence-corrected chi connectivity index (χ4v) is 2.52. The summed E-state index contributed by atoms with van der Waals surface area (Å²) in [6.07, 6.45) is 1.05. The van der Waals surface area contributed by atoms with Gasteiger partial charge in [-0.05, 0) is 24.7 Å². The second-order valence-corrected chi connectivity index (χ2v) is 7.06. The van der Waals surface area contributed by atoms with Gasteiger partial charge in [0.2, 0.25) is 0 Å². The summed E-state index contributed by atoms with van der Waals surface area (Å²) in [6, 6.07) is 0. The van der Waals surface area contributed by atoms with Crippen LogP contribution in [-0.4, -0.2) is 50.1 Å². The lowest BCUT2D eigenvalue weighted by Gasteiger charge is -2.22. The van der Waals surface area contributed by atoms with Crippen molar-refractivity contribution in [1.29, 1.82) is 0 Å². The standard InChI is InChI=1S/C16H31N3O2/c1-7-17-15(18-9-8-16(3,4)5)19-10-12(2)13(11-19)14(20)21-6/h12-13H,7-11H2,1-6H3,(H,17,18). The summed E-state index contributed by atoms with van der Waals surface area (Å²) in [5.41, 5.74) is 0.285. The summed E-state index contributed by atoms with van der Waals surface area (Å²) in [6.45, 7) is 14.0. The Labute approximate surface area is 129 Å². The molecule has 1 saturated heterocycles. The Morgan fingerprint density at radius 2 is 2.05 bits per heavy atom. The quantitative estimate of drug-likeness (QED) is 0.491. The Bertz CT molecular complexity index is 374. The van der Waals surface area contributed by atoms with E-state index in [0.29, 0.717) is 12.5 Å². The predicted octanol–water partition coefficient (Wildman–Crippen LogP) is 2.13. The van der Waals surface area contributed by atoms with Gasteiger partial charge in [0.05, 0.1) is 13.0 Å². The molecule has 21 heavy (non-hydrogen) atoms. The predicted molar refractivity (Wildman–Crippen MR) is 86.3 cm³/mol. The molecular formula is C16H31N3O2. The molecule has 2 unspecified atom stereocenters. The Kier molecular flexibility index (Phi) is 6.49. The van der Waals surface area contributed by atoms with E-state index in [2.05, 4.69) is 44.8 Å². The number of hydrogen-bond acceptors (Lipinski definition) is 3. The summed E-state index contributed by atoms with van der Waals surface area (Å²) in [7, 11) is 1.46. The Morgan fingerprint density at radius 3 is 2.57 bits per heavy atom. The number of carbonyl (C=O) groups excluding carboxylic acids is 1. The number of methoxy groups -OCH3 is 1. The molecule has 1 heterocycles. The monoisotopic (exact) mass is 297 g/mol. The van der Waals surface area contributed by atoms with Crippen LogP contribution in [0.1, 0.15) is 41.0 Å². The molecule has 5 nitrogen and oxygen atoms in total. The fourth-order valence-electron chi connectivity index (χ4n) is 2.52. The highest BCUT2D eigenvalue weighted by Crippen LogP contribution is 2.24. The number of nitrogens with zero attached hydrogens (tertiary/aromatic N) is 2. The van der Waals surface area contributed by atoms with Gasteiger partial charge in [-0.15, -0.1) is 0 Å². The van der Waals surface area contributed by atoms with Gasteiger partial charge in [-0.3, -0.25) is 9.79 Å². The maximum Gasteiger partial charge on any atom is 0.310 e. The van der Waals surface area contributed by atoms with Crippen molar-refractivity contribution in [3.8, 4) is 0 Å². The molecule has 0 aliphatic carbocycles. The van der Waals surface area contributed by atoms with Crippen LogP contribution in [0.4, 0.5) is 0 Å². The highest BCUT2D eigenvalue weighted by molar-refractivity contribution is 5.82. The van der Waals surface area contributed by atoms with Gasteiger partial charge in [0.25, 0.3) is 0 Å². The number of carbonyl (C=O) groups is 1. The molecule has 0 aromatic heterocycles. The third-order valence-electron chi connectivity index (χ3n) is 3.87. The lowest BCUT2D eigenvalue weighted by molar-refractivity contribution is -0.145. The lowest BCUT2D eigenvalue weighted by Crippen LogP contribution is -2.40. The number of hydrogen-bond donors (Lipinski definition) is 1. The van der Waals surface area contributed by atoms with Gasteiger partial charge in [0.15, 0.2) is 5.96 Å². The zero-order valence-electron chi connectivity index (χ0n) is 14.4. The van der Waals surface area contributed by atoms with Gasteiger partial charge >= 0.3 is 5.97 Å². The molecule has 5 heteroatoms. The fraction of sp³-hybridized carbons (Fsp3) is 0.875. The molecule has 1 N–H and O–H groups in total. The zero-order valence-corrected chi connectivity index (χ0v) is 14.4. The number of rotatable bonds is 4. The second-order valence-electron chi connectivity index (χ2n) is 7.06. The Hall–Kier alpha value is -1.26.